The smallest absolute Gasteiger partial charge is 0.384 e. The van der Waals surface area contributed by atoms with E-state index in [1.165, 1.54) is 19.1 Å². The normalized spacial score (nSPS) is 30.1. The number of carbonyl (C=O) groups is 1. The largest absolute Gasteiger partial charge is 0.399 e. The lowest BCUT2D eigenvalue weighted by atomic mass is 9.44. The number of aliphatic imine (C=N–C) groups is 1. The van der Waals surface area contributed by atoms with Gasteiger partial charge < -0.3 is 14.9 Å². The van der Waals surface area contributed by atoms with Gasteiger partial charge in [0, 0.05) is 22.2 Å². The molecule has 31 heavy (non-hydrogen) atoms. The molecule has 3 fully saturated rings. The fourth-order valence-electron chi connectivity index (χ4n) is 4.92. The van der Waals surface area contributed by atoms with Gasteiger partial charge in [-0.1, -0.05) is 41.9 Å². The Morgan fingerprint density at radius 3 is 2.42 bits per heavy atom. The molecule has 0 aromatic heterocycles. The molecule has 0 amide bonds. The summed E-state index contributed by atoms with van der Waals surface area (Å²) < 4.78 is 39.1. The number of carbonyl (C=O) groups excluding carboxylic acids is 1. The van der Waals surface area contributed by atoms with Gasteiger partial charge in [0.05, 0.1) is 0 Å². The van der Waals surface area contributed by atoms with Gasteiger partial charge in [0.15, 0.2) is 5.78 Å². The summed E-state index contributed by atoms with van der Waals surface area (Å²) in [6, 6.07) is 2.77. The van der Waals surface area contributed by atoms with Crippen LogP contribution in [0.3, 0.4) is 0 Å². The van der Waals surface area contributed by atoms with E-state index in [9.17, 15) is 23.2 Å². The highest BCUT2D eigenvalue weighted by Gasteiger charge is 2.61. The second-order valence-electron chi connectivity index (χ2n) is 9.46. The molecular weight excluding hydrogens is 495 g/mol. The van der Waals surface area contributed by atoms with Crippen molar-refractivity contribution in [3.63, 3.8) is 0 Å². The fraction of sp³-hybridized carbons (Fsp3) is 0.619. The SMILES string of the molecule is CC(=O)[C@H](Cc1ccc(C(F)(F)P(=O)(O)O)c(Br)c1)/N=C1/CC2CC(C1(C)O)C2(C)C. The lowest BCUT2D eigenvalue weighted by Gasteiger charge is -2.62. The van der Waals surface area contributed by atoms with Crippen molar-refractivity contribution in [2.24, 2.45) is 22.2 Å². The second-order valence-corrected chi connectivity index (χ2v) is 12.0. The molecule has 3 N–H and O–H groups in total. The van der Waals surface area contributed by atoms with Crippen molar-refractivity contribution in [3.05, 3.63) is 33.8 Å². The number of benzene rings is 1. The van der Waals surface area contributed by atoms with Crippen molar-refractivity contribution in [3.8, 4) is 0 Å². The molecule has 4 rings (SSSR count). The van der Waals surface area contributed by atoms with E-state index in [1.54, 1.807) is 6.92 Å². The number of fused-ring (bicyclic) bond motifs is 2. The van der Waals surface area contributed by atoms with Crippen molar-refractivity contribution in [1.82, 2.24) is 0 Å². The first kappa shape index (κ1) is 24.6. The molecule has 6 nitrogen and oxygen atoms in total. The Bertz CT molecular complexity index is 988. The van der Waals surface area contributed by atoms with Crippen LogP contribution in [-0.4, -0.2) is 38.0 Å². The van der Waals surface area contributed by atoms with Crippen molar-refractivity contribution in [2.75, 3.05) is 0 Å². The van der Waals surface area contributed by atoms with Crippen LogP contribution < -0.4 is 0 Å². The summed E-state index contributed by atoms with van der Waals surface area (Å²) in [5, 5.41) is 11.1. The Morgan fingerprint density at radius 1 is 1.35 bits per heavy atom. The molecule has 10 heteroatoms. The zero-order valence-corrected chi connectivity index (χ0v) is 20.3. The van der Waals surface area contributed by atoms with Crippen LogP contribution in [-0.2, 0) is 21.4 Å². The lowest BCUT2D eigenvalue weighted by molar-refractivity contribution is -0.134. The molecule has 0 aliphatic heterocycles. The molecule has 0 saturated heterocycles. The highest BCUT2D eigenvalue weighted by atomic mass is 79.9. The lowest BCUT2D eigenvalue weighted by Crippen LogP contribution is -2.65. The zero-order valence-electron chi connectivity index (χ0n) is 17.8. The third-order valence-electron chi connectivity index (χ3n) is 7.11. The van der Waals surface area contributed by atoms with Gasteiger partial charge in [-0.2, -0.15) is 8.78 Å². The van der Waals surface area contributed by atoms with Crippen molar-refractivity contribution in [1.29, 1.82) is 0 Å². The zero-order chi connectivity index (χ0) is 23.6. The van der Waals surface area contributed by atoms with Gasteiger partial charge in [-0.3, -0.25) is 14.4 Å². The molecular formula is C21H27BrF2NO5P. The number of aliphatic hydroxyl groups is 1. The quantitative estimate of drug-likeness (QED) is 0.480. The topological polar surface area (TPSA) is 107 Å². The molecule has 3 saturated carbocycles. The summed E-state index contributed by atoms with van der Waals surface area (Å²) in [5.41, 5.74) is -5.16. The standard InChI is InChI=1S/C21H27BrF2NO5P/c1-11(26)16(25-18-10-13-9-17(19(13,2)3)20(18,4)27)8-12-5-6-14(15(22)7-12)21(23,24)31(28,29)30/h5-7,13,16-17,27H,8-10H2,1-4H3,(H2,28,29,30)/b25-18-/t13?,16-,17?,20?/m0/s1. The van der Waals surface area contributed by atoms with Crippen molar-refractivity contribution in [2.45, 2.75) is 64.3 Å². The van der Waals surface area contributed by atoms with Crippen LogP contribution in [0.1, 0.15) is 51.7 Å². The van der Waals surface area contributed by atoms with Crippen LogP contribution in [0.15, 0.2) is 27.7 Å². The molecule has 0 radical (unpaired) electrons. The van der Waals surface area contributed by atoms with E-state index in [2.05, 4.69) is 34.8 Å². The molecule has 0 spiro atoms. The molecule has 3 aliphatic rings. The second kappa shape index (κ2) is 7.80. The van der Waals surface area contributed by atoms with Crippen molar-refractivity contribution >= 4 is 35.0 Å². The predicted molar refractivity (Wildman–Crippen MR) is 116 cm³/mol. The van der Waals surface area contributed by atoms with Gasteiger partial charge in [-0.15, -0.1) is 0 Å². The first-order valence-corrected chi connectivity index (χ1v) is 12.4. The maximum atomic E-state index is 14.0. The number of ketones is 1. The average molecular weight is 522 g/mol. The average Bonchev–Trinajstić information content (AvgIpc) is 2.60. The van der Waals surface area contributed by atoms with Crippen LogP contribution in [0.4, 0.5) is 8.78 Å². The number of hydrogen-bond donors (Lipinski definition) is 3. The van der Waals surface area contributed by atoms with E-state index < -0.39 is 30.5 Å². The summed E-state index contributed by atoms with van der Waals surface area (Å²) in [7, 11) is -5.69. The molecule has 3 aliphatic carbocycles. The van der Waals surface area contributed by atoms with Gasteiger partial charge in [0.25, 0.3) is 0 Å². The van der Waals surface area contributed by atoms with Crippen LogP contribution in [0.2, 0.25) is 0 Å². The van der Waals surface area contributed by atoms with Crippen LogP contribution in [0.25, 0.3) is 0 Å². The number of rotatable bonds is 6. The van der Waals surface area contributed by atoms with Gasteiger partial charge in [-0.25, -0.2) is 0 Å². The summed E-state index contributed by atoms with van der Waals surface area (Å²) >= 11 is 2.96. The van der Waals surface area contributed by atoms with Crippen LogP contribution in [0, 0.1) is 17.3 Å². The number of halogens is 3. The predicted octanol–water partition coefficient (Wildman–Crippen LogP) is 4.43. The molecule has 172 valence electrons. The first-order chi connectivity index (χ1) is 14.0. The van der Waals surface area contributed by atoms with E-state index in [0.29, 0.717) is 23.6 Å². The van der Waals surface area contributed by atoms with Gasteiger partial charge in [0.2, 0.25) is 0 Å². The Labute approximate surface area is 188 Å². The summed E-state index contributed by atoms with van der Waals surface area (Å²) in [4.78, 5) is 34.8. The molecule has 4 atom stereocenters. The van der Waals surface area contributed by atoms with Gasteiger partial charge >= 0.3 is 13.3 Å². The summed E-state index contributed by atoms with van der Waals surface area (Å²) in [5.74, 6) is 0.239. The van der Waals surface area contributed by atoms with E-state index in [0.717, 1.165) is 12.5 Å². The summed E-state index contributed by atoms with van der Waals surface area (Å²) in [6.07, 6.45) is 1.65. The molecule has 3 unspecified atom stereocenters. The van der Waals surface area contributed by atoms with E-state index in [-0.39, 0.29) is 28.0 Å². The number of alkyl halides is 2. The number of nitrogens with zero attached hydrogens (tertiary/aromatic N) is 1. The molecule has 1 aromatic rings. The van der Waals surface area contributed by atoms with Gasteiger partial charge in [-0.05, 0) is 55.6 Å². The number of hydrogen-bond acceptors (Lipinski definition) is 4. The highest BCUT2D eigenvalue weighted by Crippen LogP contribution is 2.62. The van der Waals surface area contributed by atoms with Crippen LogP contribution >= 0.6 is 23.5 Å². The maximum Gasteiger partial charge on any atom is 0.399 e. The molecule has 2 bridgehead atoms. The third-order valence-corrected chi connectivity index (χ3v) is 8.74. The van der Waals surface area contributed by atoms with E-state index >= 15 is 0 Å². The van der Waals surface area contributed by atoms with E-state index in [1.807, 2.05) is 0 Å². The Hall–Kier alpha value is -0.990. The number of Topliss-reactive ketones (excluding diaryl/α,β-unsaturated/α-hetero) is 1. The highest BCUT2D eigenvalue weighted by molar-refractivity contribution is 9.10. The Morgan fingerprint density at radius 2 is 1.97 bits per heavy atom. The molecule has 1 aromatic carbocycles. The summed E-state index contributed by atoms with van der Waals surface area (Å²) in [6.45, 7) is 7.39. The minimum Gasteiger partial charge on any atom is -0.384 e. The van der Waals surface area contributed by atoms with Crippen LogP contribution in [0.5, 0.6) is 0 Å². The maximum absolute atomic E-state index is 14.0. The Balaban J connectivity index is 1.87. The first-order valence-electron chi connectivity index (χ1n) is 10.0. The monoisotopic (exact) mass is 521 g/mol. The van der Waals surface area contributed by atoms with E-state index in [4.69, 9.17) is 9.79 Å². The van der Waals surface area contributed by atoms with Crippen molar-refractivity contribution < 1.29 is 33.0 Å². The molecule has 0 heterocycles. The Kier molecular flexibility index (Phi) is 6.20. The fourth-order valence-corrected chi connectivity index (χ4v) is 6.26. The third kappa shape index (κ3) is 4.20. The van der Waals surface area contributed by atoms with Gasteiger partial charge in [0.1, 0.15) is 11.6 Å². The minimum atomic E-state index is -5.69. The minimum absolute atomic E-state index is 0.0129.